The predicted molar refractivity (Wildman–Crippen MR) is 79.3 cm³/mol. The number of nitrogens with two attached hydrogens (primary N) is 1. The van der Waals surface area contributed by atoms with E-state index in [2.05, 4.69) is 5.32 Å². The molecule has 1 aliphatic carbocycles. The van der Waals surface area contributed by atoms with E-state index in [4.69, 9.17) is 26.8 Å². The van der Waals surface area contributed by atoms with E-state index >= 15 is 0 Å². The molecule has 2 aliphatic rings. The Hall–Kier alpha value is -1.30. The first-order valence-electron chi connectivity index (χ1n) is 7.20. The van der Waals surface area contributed by atoms with Crippen LogP contribution < -0.4 is 15.8 Å². The van der Waals surface area contributed by atoms with E-state index in [1.807, 2.05) is 0 Å². The Morgan fingerprint density at radius 1 is 1.52 bits per heavy atom. The predicted octanol–water partition coefficient (Wildman–Crippen LogP) is 1.34. The van der Waals surface area contributed by atoms with E-state index < -0.39 is 0 Å². The summed E-state index contributed by atoms with van der Waals surface area (Å²) in [6.07, 6.45) is 2.19. The molecule has 1 saturated heterocycles. The maximum Gasteiger partial charge on any atom is 0.258 e. The van der Waals surface area contributed by atoms with E-state index in [0.29, 0.717) is 16.7 Å². The molecule has 4 atom stereocenters. The first kappa shape index (κ1) is 14.6. The van der Waals surface area contributed by atoms with Gasteiger partial charge in [0.2, 0.25) is 0 Å². The molecule has 1 aromatic rings. The van der Waals surface area contributed by atoms with Crippen LogP contribution in [0.4, 0.5) is 0 Å². The number of hydrogen-bond donors (Lipinski definition) is 2. The molecule has 4 unspecified atom stereocenters. The van der Waals surface area contributed by atoms with Crippen molar-refractivity contribution in [3.8, 4) is 5.75 Å². The van der Waals surface area contributed by atoms with Crippen molar-refractivity contribution in [2.45, 2.75) is 31.0 Å². The Balaban J connectivity index is 1.48. The van der Waals surface area contributed by atoms with Gasteiger partial charge in [0.05, 0.1) is 12.1 Å². The monoisotopic (exact) mass is 310 g/mol. The van der Waals surface area contributed by atoms with Gasteiger partial charge in [-0.3, -0.25) is 4.79 Å². The van der Waals surface area contributed by atoms with Crippen LogP contribution >= 0.6 is 11.6 Å². The number of carbonyl (C=O) groups is 1. The molecule has 3 N–H and O–H groups in total. The standard InChI is InChI=1S/C15H19ClN2O3/c16-9-3-1-4-10(7-9)21-8-12(19)18-14-13(17)11-5-2-6-20-15(11)14/h1,3-4,7,11,13-15H,2,5-6,8,17H2,(H,18,19). The molecular weight excluding hydrogens is 292 g/mol. The van der Waals surface area contributed by atoms with Crippen molar-refractivity contribution < 1.29 is 14.3 Å². The van der Waals surface area contributed by atoms with Crippen LogP contribution in [0.3, 0.4) is 0 Å². The summed E-state index contributed by atoms with van der Waals surface area (Å²) in [6.45, 7) is 0.695. The summed E-state index contributed by atoms with van der Waals surface area (Å²) in [4.78, 5) is 11.9. The van der Waals surface area contributed by atoms with Crippen molar-refractivity contribution >= 4 is 17.5 Å². The van der Waals surface area contributed by atoms with Gasteiger partial charge >= 0.3 is 0 Å². The topological polar surface area (TPSA) is 73.6 Å². The minimum atomic E-state index is -0.192. The number of amides is 1. The van der Waals surface area contributed by atoms with Crippen molar-refractivity contribution in [3.05, 3.63) is 29.3 Å². The third kappa shape index (κ3) is 3.15. The Labute approximate surface area is 128 Å². The van der Waals surface area contributed by atoms with E-state index in [1.54, 1.807) is 24.3 Å². The Morgan fingerprint density at radius 3 is 3.19 bits per heavy atom. The van der Waals surface area contributed by atoms with Crippen molar-refractivity contribution in [1.29, 1.82) is 0 Å². The van der Waals surface area contributed by atoms with Gasteiger partial charge < -0.3 is 20.5 Å². The second kappa shape index (κ2) is 6.22. The van der Waals surface area contributed by atoms with Crippen molar-refractivity contribution in [2.24, 2.45) is 11.7 Å². The molecule has 0 spiro atoms. The van der Waals surface area contributed by atoms with Crippen molar-refractivity contribution in [2.75, 3.05) is 13.2 Å². The second-order valence-corrected chi connectivity index (χ2v) is 5.99. The molecular formula is C15H19ClN2O3. The van der Waals surface area contributed by atoms with Gasteiger partial charge in [0.15, 0.2) is 6.61 Å². The summed E-state index contributed by atoms with van der Waals surface area (Å²) in [7, 11) is 0. The number of nitrogens with one attached hydrogen (secondary N) is 1. The summed E-state index contributed by atoms with van der Waals surface area (Å²) >= 11 is 5.86. The minimum absolute atomic E-state index is 0.0228. The number of hydrogen-bond acceptors (Lipinski definition) is 4. The van der Waals surface area contributed by atoms with Gasteiger partial charge in [-0.15, -0.1) is 0 Å². The van der Waals surface area contributed by atoms with Gasteiger partial charge in [-0.05, 0) is 31.0 Å². The maximum absolute atomic E-state index is 11.9. The van der Waals surface area contributed by atoms with E-state index in [-0.39, 0.29) is 30.7 Å². The molecule has 21 heavy (non-hydrogen) atoms. The number of rotatable bonds is 4. The molecule has 5 nitrogen and oxygen atoms in total. The van der Waals surface area contributed by atoms with E-state index in [1.165, 1.54) is 0 Å². The van der Waals surface area contributed by atoms with Gasteiger partial charge in [-0.1, -0.05) is 17.7 Å². The van der Waals surface area contributed by atoms with Crippen LogP contribution in [-0.4, -0.2) is 37.3 Å². The number of halogens is 1. The Morgan fingerprint density at radius 2 is 2.38 bits per heavy atom. The van der Waals surface area contributed by atoms with E-state index in [0.717, 1.165) is 19.4 Å². The Bertz CT molecular complexity index is 525. The summed E-state index contributed by atoms with van der Waals surface area (Å²) in [5.41, 5.74) is 6.10. The summed E-state index contributed by atoms with van der Waals surface area (Å²) in [5.74, 6) is 0.753. The number of carbonyl (C=O) groups excluding carboxylic acids is 1. The van der Waals surface area contributed by atoms with Crippen molar-refractivity contribution in [1.82, 2.24) is 5.32 Å². The molecule has 1 amide bonds. The quantitative estimate of drug-likeness (QED) is 0.880. The van der Waals surface area contributed by atoms with Crippen LogP contribution in [0.5, 0.6) is 5.75 Å². The fourth-order valence-corrected chi connectivity index (χ4v) is 3.24. The average Bonchev–Trinajstić information content (AvgIpc) is 2.50. The fourth-order valence-electron chi connectivity index (χ4n) is 3.06. The molecule has 114 valence electrons. The highest BCUT2D eigenvalue weighted by molar-refractivity contribution is 6.30. The third-order valence-corrected chi connectivity index (χ3v) is 4.41. The SMILES string of the molecule is NC1C2CCCOC2C1NC(=O)COc1cccc(Cl)c1. The van der Waals surface area contributed by atoms with Gasteiger partial charge in [0.1, 0.15) is 5.75 Å². The lowest BCUT2D eigenvalue weighted by Crippen LogP contribution is -2.72. The van der Waals surface area contributed by atoms with E-state index in [9.17, 15) is 4.79 Å². The molecule has 1 heterocycles. The molecule has 1 saturated carbocycles. The lowest BCUT2D eigenvalue weighted by atomic mass is 9.68. The number of ether oxygens (including phenoxy) is 2. The summed E-state index contributed by atoms with van der Waals surface area (Å²) in [6, 6.07) is 6.83. The molecule has 6 heteroatoms. The zero-order chi connectivity index (χ0) is 14.8. The van der Waals surface area contributed by atoms with Crippen LogP contribution in [0, 0.1) is 5.92 Å². The highest BCUT2D eigenvalue weighted by Crippen LogP contribution is 2.36. The normalized spacial score (nSPS) is 31.0. The van der Waals surface area contributed by atoms with Gasteiger partial charge in [0, 0.05) is 23.6 Å². The molecule has 0 aromatic heterocycles. The van der Waals surface area contributed by atoms with Crippen LogP contribution in [0.1, 0.15) is 12.8 Å². The lowest BCUT2D eigenvalue weighted by molar-refractivity contribution is -0.140. The van der Waals surface area contributed by atoms with Crippen LogP contribution in [0.2, 0.25) is 5.02 Å². The zero-order valence-electron chi connectivity index (χ0n) is 11.6. The largest absolute Gasteiger partial charge is 0.484 e. The highest BCUT2D eigenvalue weighted by atomic mass is 35.5. The van der Waals surface area contributed by atoms with Gasteiger partial charge in [-0.2, -0.15) is 0 Å². The summed E-state index contributed by atoms with van der Waals surface area (Å²) < 4.78 is 11.1. The van der Waals surface area contributed by atoms with Gasteiger partial charge in [0.25, 0.3) is 5.91 Å². The molecule has 3 rings (SSSR count). The number of benzene rings is 1. The fraction of sp³-hybridized carbons (Fsp3) is 0.533. The third-order valence-electron chi connectivity index (χ3n) is 4.17. The molecule has 2 fully saturated rings. The first-order valence-corrected chi connectivity index (χ1v) is 7.58. The molecule has 1 aromatic carbocycles. The van der Waals surface area contributed by atoms with Crippen LogP contribution in [0.25, 0.3) is 0 Å². The van der Waals surface area contributed by atoms with Crippen molar-refractivity contribution in [3.63, 3.8) is 0 Å². The smallest absolute Gasteiger partial charge is 0.258 e. The molecule has 0 bridgehead atoms. The van der Waals surface area contributed by atoms with Crippen LogP contribution in [-0.2, 0) is 9.53 Å². The second-order valence-electron chi connectivity index (χ2n) is 5.56. The summed E-state index contributed by atoms with van der Waals surface area (Å²) in [5, 5.41) is 3.48. The van der Waals surface area contributed by atoms with Crippen LogP contribution in [0.15, 0.2) is 24.3 Å². The maximum atomic E-state index is 11.9. The number of fused-ring (bicyclic) bond motifs is 1. The zero-order valence-corrected chi connectivity index (χ0v) is 12.4. The highest BCUT2D eigenvalue weighted by Gasteiger charge is 2.51. The molecule has 0 radical (unpaired) electrons. The first-order chi connectivity index (χ1) is 10.1. The Kier molecular flexibility index (Phi) is 4.33. The minimum Gasteiger partial charge on any atom is -0.484 e. The lowest BCUT2D eigenvalue weighted by Gasteiger charge is -2.52. The average molecular weight is 311 g/mol. The molecule has 1 aliphatic heterocycles. The van der Waals surface area contributed by atoms with Gasteiger partial charge in [-0.25, -0.2) is 0 Å².